The number of ketones is 1. The van der Waals surface area contributed by atoms with Crippen molar-refractivity contribution in [2.45, 2.75) is 38.4 Å². The topological polar surface area (TPSA) is 29.6 Å². The lowest BCUT2D eigenvalue weighted by molar-refractivity contribution is -0.121. The van der Waals surface area contributed by atoms with Gasteiger partial charge in [-0.05, 0) is 26.2 Å². The number of hydrogen-bond donors (Lipinski definition) is 0. The molecule has 2 aliphatic rings. The third kappa shape index (κ3) is 0.966. The van der Waals surface area contributed by atoms with Crippen molar-refractivity contribution in [1.29, 1.82) is 0 Å². The minimum Gasteiger partial charge on any atom is -0.370 e. The molecule has 0 bridgehead atoms. The van der Waals surface area contributed by atoms with Gasteiger partial charge in [-0.25, -0.2) is 0 Å². The molecule has 10 heavy (non-hydrogen) atoms. The molecule has 1 aliphatic carbocycles. The summed E-state index contributed by atoms with van der Waals surface area (Å²) in [5.74, 6) is 0.651. The summed E-state index contributed by atoms with van der Waals surface area (Å²) < 4.78 is 5.31. The highest BCUT2D eigenvalue weighted by atomic mass is 16.6. The molecule has 3 atom stereocenters. The van der Waals surface area contributed by atoms with Crippen molar-refractivity contribution in [3.63, 3.8) is 0 Å². The lowest BCUT2D eigenvalue weighted by atomic mass is 9.87. The molecular formula is C8H12O2. The van der Waals surface area contributed by atoms with Gasteiger partial charge in [-0.2, -0.15) is 0 Å². The molecule has 0 aromatic rings. The summed E-state index contributed by atoms with van der Waals surface area (Å²) in [6.07, 6.45) is 4.11. The molecule has 0 unspecified atom stereocenters. The van der Waals surface area contributed by atoms with E-state index in [-0.39, 0.29) is 0 Å². The maximum absolute atomic E-state index is 10.9. The summed E-state index contributed by atoms with van der Waals surface area (Å²) in [6.45, 7) is 1.69. The molecule has 2 nitrogen and oxygen atoms in total. The van der Waals surface area contributed by atoms with Crippen LogP contribution in [-0.2, 0) is 9.53 Å². The Morgan fingerprint density at radius 1 is 1.40 bits per heavy atom. The number of carbonyl (C=O) groups is 1. The smallest absolute Gasteiger partial charge is 0.133 e. The van der Waals surface area contributed by atoms with Crippen molar-refractivity contribution in [2.75, 3.05) is 0 Å². The molecule has 0 radical (unpaired) electrons. The molecule has 2 heteroatoms. The van der Waals surface area contributed by atoms with Gasteiger partial charge >= 0.3 is 0 Å². The summed E-state index contributed by atoms with van der Waals surface area (Å²) >= 11 is 0. The third-order valence-electron chi connectivity index (χ3n) is 2.58. The maximum Gasteiger partial charge on any atom is 0.133 e. The van der Waals surface area contributed by atoms with E-state index in [1.807, 2.05) is 0 Å². The second-order valence-electron chi connectivity index (χ2n) is 3.33. The zero-order valence-electron chi connectivity index (χ0n) is 6.17. The number of fused-ring (bicyclic) bond motifs is 1. The first-order chi connectivity index (χ1) is 4.77. The molecule has 0 N–H and O–H groups in total. The van der Waals surface area contributed by atoms with Crippen LogP contribution in [0.2, 0.25) is 0 Å². The molecule has 0 amide bonds. The SMILES string of the molecule is CC(=O)[C@@H]1CC[C@H]2O[C@H]2C1. The van der Waals surface area contributed by atoms with Crippen molar-refractivity contribution in [1.82, 2.24) is 0 Å². The van der Waals surface area contributed by atoms with Crippen LogP contribution >= 0.6 is 0 Å². The van der Waals surface area contributed by atoms with E-state index in [0.717, 1.165) is 19.3 Å². The van der Waals surface area contributed by atoms with Gasteiger partial charge in [-0.15, -0.1) is 0 Å². The molecule has 2 fully saturated rings. The van der Waals surface area contributed by atoms with E-state index in [2.05, 4.69) is 0 Å². The number of rotatable bonds is 1. The number of carbonyl (C=O) groups excluding carboxylic acids is 1. The van der Waals surface area contributed by atoms with Crippen LogP contribution in [0.25, 0.3) is 0 Å². The van der Waals surface area contributed by atoms with Crippen LogP contribution in [0, 0.1) is 5.92 Å². The van der Waals surface area contributed by atoms with Gasteiger partial charge in [0.25, 0.3) is 0 Å². The van der Waals surface area contributed by atoms with Crippen LogP contribution in [0.3, 0.4) is 0 Å². The Balaban J connectivity index is 1.94. The van der Waals surface area contributed by atoms with Crippen LogP contribution in [0.4, 0.5) is 0 Å². The predicted molar refractivity (Wildman–Crippen MR) is 36.7 cm³/mol. The fraction of sp³-hybridized carbons (Fsp3) is 0.875. The zero-order valence-corrected chi connectivity index (χ0v) is 6.17. The van der Waals surface area contributed by atoms with Gasteiger partial charge in [0.05, 0.1) is 12.2 Å². The van der Waals surface area contributed by atoms with Gasteiger partial charge in [0.2, 0.25) is 0 Å². The van der Waals surface area contributed by atoms with Gasteiger partial charge in [-0.3, -0.25) is 4.79 Å². The Labute approximate surface area is 60.6 Å². The minimum absolute atomic E-state index is 0.309. The normalized spacial score (nSPS) is 44.3. The minimum atomic E-state index is 0.309. The fourth-order valence-electron chi connectivity index (χ4n) is 1.77. The Kier molecular flexibility index (Phi) is 1.31. The van der Waals surface area contributed by atoms with Crippen LogP contribution in [-0.4, -0.2) is 18.0 Å². The van der Waals surface area contributed by atoms with Crippen molar-refractivity contribution < 1.29 is 9.53 Å². The van der Waals surface area contributed by atoms with Crippen LogP contribution < -0.4 is 0 Å². The van der Waals surface area contributed by atoms with Gasteiger partial charge in [0.1, 0.15) is 5.78 Å². The van der Waals surface area contributed by atoms with Gasteiger partial charge in [0, 0.05) is 5.92 Å². The largest absolute Gasteiger partial charge is 0.370 e. The summed E-state index contributed by atoms with van der Waals surface area (Å²) in [7, 11) is 0. The lowest BCUT2D eigenvalue weighted by Gasteiger charge is -2.14. The van der Waals surface area contributed by atoms with Crippen LogP contribution in [0.15, 0.2) is 0 Å². The second kappa shape index (κ2) is 2.06. The average molecular weight is 140 g/mol. The molecular weight excluding hydrogens is 128 g/mol. The molecule has 2 rings (SSSR count). The molecule has 1 aliphatic heterocycles. The Bertz CT molecular complexity index is 165. The van der Waals surface area contributed by atoms with E-state index in [4.69, 9.17) is 4.74 Å². The molecule has 56 valence electrons. The average Bonchev–Trinajstić information content (AvgIpc) is 2.63. The molecule has 1 saturated carbocycles. The standard InChI is InChI=1S/C8H12O2/c1-5(9)6-2-3-7-8(4-6)10-7/h6-8H,2-4H2,1H3/t6-,7-,8+/m1/s1. The second-order valence-corrected chi connectivity index (χ2v) is 3.33. The fourth-order valence-corrected chi connectivity index (χ4v) is 1.77. The Morgan fingerprint density at radius 2 is 2.20 bits per heavy atom. The van der Waals surface area contributed by atoms with E-state index in [9.17, 15) is 4.79 Å². The highest BCUT2D eigenvalue weighted by Gasteiger charge is 2.44. The van der Waals surface area contributed by atoms with E-state index in [1.54, 1.807) is 6.92 Å². The van der Waals surface area contributed by atoms with E-state index in [1.165, 1.54) is 0 Å². The number of ether oxygens (including phenoxy) is 1. The predicted octanol–water partition coefficient (Wildman–Crippen LogP) is 1.14. The van der Waals surface area contributed by atoms with Gasteiger partial charge in [0.15, 0.2) is 0 Å². The lowest BCUT2D eigenvalue weighted by Crippen LogP contribution is -2.19. The van der Waals surface area contributed by atoms with Crippen molar-refractivity contribution >= 4 is 5.78 Å². The third-order valence-corrected chi connectivity index (χ3v) is 2.58. The van der Waals surface area contributed by atoms with E-state index >= 15 is 0 Å². The zero-order chi connectivity index (χ0) is 7.14. The summed E-state index contributed by atoms with van der Waals surface area (Å²) in [6, 6.07) is 0. The highest BCUT2D eigenvalue weighted by molar-refractivity contribution is 5.78. The molecule has 1 saturated heterocycles. The molecule has 0 spiro atoms. The number of epoxide rings is 1. The van der Waals surface area contributed by atoms with Crippen molar-refractivity contribution in [2.24, 2.45) is 5.92 Å². The van der Waals surface area contributed by atoms with Gasteiger partial charge < -0.3 is 4.74 Å². The summed E-state index contributed by atoms with van der Waals surface area (Å²) in [5.41, 5.74) is 0. The summed E-state index contributed by atoms with van der Waals surface area (Å²) in [4.78, 5) is 10.9. The number of Topliss-reactive ketones (excluding diaryl/α,β-unsaturated/α-hetero) is 1. The first-order valence-corrected chi connectivity index (χ1v) is 3.93. The Hall–Kier alpha value is -0.370. The monoisotopic (exact) mass is 140 g/mol. The molecule has 0 aromatic carbocycles. The summed E-state index contributed by atoms with van der Waals surface area (Å²) in [5, 5.41) is 0. The first-order valence-electron chi connectivity index (χ1n) is 3.93. The molecule has 1 heterocycles. The quantitative estimate of drug-likeness (QED) is 0.511. The van der Waals surface area contributed by atoms with Crippen LogP contribution in [0.5, 0.6) is 0 Å². The van der Waals surface area contributed by atoms with Crippen molar-refractivity contribution in [3.8, 4) is 0 Å². The van der Waals surface area contributed by atoms with Crippen molar-refractivity contribution in [3.05, 3.63) is 0 Å². The highest BCUT2D eigenvalue weighted by Crippen LogP contribution is 2.39. The number of hydrogen-bond acceptors (Lipinski definition) is 2. The first kappa shape index (κ1) is 6.35. The van der Waals surface area contributed by atoms with Gasteiger partial charge in [-0.1, -0.05) is 0 Å². The van der Waals surface area contributed by atoms with E-state index < -0.39 is 0 Å². The van der Waals surface area contributed by atoms with E-state index in [0.29, 0.717) is 23.9 Å². The van der Waals surface area contributed by atoms with Crippen LogP contribution in [0.1, 0.15) is 26.2 Å². The maximum atomic E-state index is 10.9. The Morgan fingerprint density at radius 3 is 2.80 bits per heavy atom. The molecule has 0 aromatic heterocycles.